The van der Waals surface area contributed by atoms with Crippen molar-refractivity contribution in [3.05, 3.63) is 46.0 Å². The molecule has 3 rings (SSSR count). The number of hydrogen-bond donors (Lipinski definition) is 1. The smallest absolute Gasteiger partial charge is 0.350 e. The molecule has 6 nitrogen and oxygen atoms in total. The molecule has 0 unspecified atom stereocenters. The van der Waals surface area contributed by atoms with E-state index in [0.717, 1.165) is 23.6 Å². The Morgan fingerprint density at radius 3 is 2.24 bits per heavy atom. The molecule has 1 saturated carbocycles. The number of nitrogens with zero attached hydrogens (tertiary/aromatic N) is 2. The average Bonchev–Trinajstić information content (AvgIpc) is 3.12. The number of carbonyl (C=O) groups excluding carboxylic acids is 1. The summed E-state index contributed by atoms with van der Waals surface area (Å²) in [5.41, 5.74) is -1.03. The summed E-state index contributed by atoms with van der Waals surface area (Å²) in [4.78, 5) is 17.0. The number of carbonyl (C=O) groups is 1. The van der Waals surface area contributed by atoms with Crippen molar-refractivity contribution in [3.63, 3.8) is 0 Å². The maximum Gasteiger partial charge on any atom is 0.391 e. The summed E-state index contributed by atoms with van der Waals surface area (Å²) in [6.45, 7) is 2.83. The molecule has 1 aliphatic rings. The molecule has 1 N–H and O–H groups in total. The Balaban J connectivity index is 1.79. The molecule has 1 atom stereocenters. The Bertz CT molecular complexity index is 1230. The normalized spacial score (nSPS) is 19.6. The van der Waals surface area contributed by atoms with Gasteiger partial charge in [0.05, 0.1) is 11.2 Å². The molecule has 0 spiro atoms. The molecule has 2 aromatic rings. The lowest BCUT2D eigenvalue weighted by Crippen LogP contribution is -2.34. The predicted molar refractivity (Wildman–Crippen MR) is 130 cm³/mol. The monoisotopic (exact) mass is 569 g/mol. The molecule has 1 aromatic carbocycles. The van der Waals surface area contributed by atoms with E-state index in [9.17, 15) is 35.2 Å². The van der Waals surface area contributed by atoms with Gasteiger partial charge in [0.2, 0.25) is 0 Å². The quantitative estimate of drug-likeness (QED) is 0.429. The lowest BCUT2D eigenvalue weighted by atomic mass is 9.89. The largest absolute Gasteiger partial charge is 0.391 e. The number of halogens is 6. The van der Waals surface area contributed by atoms with E-state index >= 15 is 0 Å². The number of hydrogen-bond acceptors (Lipinski definition) is 4. The van der Waals surface area contributed by atoms with Crippen LogP contribution in [0.4, 0.5) is 22.0 Å². The van der Waals surface area contributed by atoms with Crippen molar-refractivity contribution in [3.8, 4) is 5.69 Å². The molecular weight excluding hydrogens is 541 g/mol. The number of benzene rings is 1. The Morgan fingerprint density at radius 2 is 1.76 bits per heavy atom. The fraction of sp³-hybridized carbons (Fsp3) is 0.583. The van der Waals surface area contributed by atoms with Crippen LogP contribution in [0.2, 0.25) is 5.15 Å². The maximum absolute atomic E-state index is 15.0. The number of rotatable bonds is 8. The number of amides is 1. The molecule has 1 amide bonds. The highest BCUT2D eigenvalue weighted by atomic mass is 35.5. The molecule has 13 heteroatoms. The van der Waals surface area contributed by atoms with Crippen molar-refractivity contribution in [1.29, 1.82) is 0 Å². The third-order valence-electron chi connectivity index (χ3n) is 6.77. The molecule has 1 heterocycles. The summed E-state index contributed by atoms with van der Waals surface area (Å²) in [6, 6.07) is 1.64. The van der Waals surface area contributed by atoms with Gasteiger partial charge in [0.25, 0.3) is 5.91 Å². The van der Waals surface area contributed by atoms with Crippen molar-refractivity contribution in [1.82, 2.24) is 14.9 Å². The van der Waals surface area contributed by atoms with Crippen LogP contribution in [-0.2, 0) is 22.7 Å². The first kappa shape index (κ1) is 29.3. The number of sulfone groups is 1. The van der Waals surface area contributed by atoms with Crippen LogP contribution in [0.15, 0.2) is 12.1 Å². The summed E-state index contributed by atoms with van der Waals surface area (Å²) in [6.07, 6.45) is -1.48. The molecular formula is C24H29ClF5N3O3S. The van der Waals surface area contributed by atoms with Crippen LogP contribution in [0.3, 0.4) is 0 Å². The summed E-state index contributed by atoms with van der Waals surface area (Å²) in [5, 5.41) is 2.00. The van der Waals surface area contributed by atoms with Gasteiger partial charge in [-0.15, -0.1) is 0 Å². The van der Waals surface area contributed by atoms with Gasteiger partial charge in [-0.2, -0.15) is 13.2 Å². The van der Waals surface area contributed by atoms with E-state index in [1.54, 1.807) is 6.92 Å². The number of alkyl halides is 3. The minimum Gasteiger partial charge on any atom is -0.350 e. The molecule has 0 radical (unpaired) electrons. The highest BCUT2D eigenvalue weighted by Crippen LogP contribution is 2.32. The molecule has 0 bridgehead atoms. The Hall–Kier alpha value is -2.21. The van der Waals surface area contributed by atoms with Crippen molar-refractivity contribution >= 4 is 27.3 Å². The third-order valence-corrected chi connectivity index (χ3v) is 8.80. The van der Waals surface area contributed by atoms with Gasteiger partial charge >= 0.3 is 6.18 Å². The van der Waals surface area contributed by atoms with E-state index in [0.29, 0.717) is 25.7 Å². The average molecular weight is 570 g/mol. The van der Waals surface area contributed by atoms with Crippen molar-refractivity contribution in [2.24, 2.45) is 11.8 Å². The third kappa shape index (κ3) is 6.81. The van der Waals surface area contributed by atoms with Crippen LogP contribution in [-0.4, -0.2) is 48.1 Å². The van der Waals surface area contributed by atoms with E-state index < -0.39 is 51.6 Å². The van der Waals surface area contributed by atoms with Gasteiger partial charge in [0.1, 0.15) is 26.5 Å². The van der Waals surface area contributed by atoms with Crippen LogP contribution in [0.5, 0.6) is 0 Å². The lowest BCUT2D eigenvalue weighted by Gasteiger charge is -2.27. The molecule has 1 fully saturated rings. The van der Waals surface area contributed by atoms with Gasteiger partial charge in [-0.25, -0.2) is 22.2 Å². The molecule has 0 saturated heterocycles. The van der Waals surface area contributed by atoms with Crippen LogP contribution in [0.1, 0.15) is 61.4 Å². The topological polar surface area (TPSA) is 81.1 Å². The summed E-state index contributed by atoms with van der Waals surface area (Å²) >= 11 is 6.35. The Morgan fingerprint density at radius 1 is 1.19 bits per heavy atom. The second-order valence-corrected chi connectivity index (χ2v) is 12.3. The van der Waals surface area contributed by atoms with Gasteiger partial charge in [0.15, 0.2) is 17.3 Å². The van der Waals surface area contributed by atoms with E-state index in [-0.39, 0.29) is 46.4 Å². The Labute approximate surface area is 217 Å². The van der Waals surface area contributed by atoms with E-state index in [1.165, 1.54) is 6.26 Å². The van der Waals surface area contributed by atoms with Gasteiger partial charge < -0.3 is 5.32 Å². The van der Waals surface area contributed by atoms with Crippen LogP contribution in [0.25, 0.3) is 5.69 Å². The minimum atomic E-state index is -4.51. The first-order chi connectivity index (χ1) is 17.1. The molecule has 206 valence electrons. The zero-order valence-electron chi connectivity index (χ0n) is 20.6. The van der Waals surface area contributed by atoms with Crippen molar-refractivity contribution < 1.29 is 35.2 Å². The highest BCUT2D eigenvalue weighted by molar-refractivity contribution is 7.91. The summed E-state index contributed by atoms with van der Waals surface area (Å²) in [5.74, 6) is -4.55. The number of aryl methyl sites for hydroxylation is 1. The van der Waals surface area contributed by atoms with E-state index in [1.807, 2.05) is 0 Å². The zero-order valence-corrected chi connectivity index (χ0v) is 22.2. The van der Waals surface area contributed by atoms with Gasteiger partial charge in [-0.1, -0.05) is 25.4 Å². The first-order valence-electron chi connectivity index (χ1n) is 11.9. The fourth-order valence-electron chi connectivity index (χ4n) is 4.56. The lowest BCUT2D eigenvalue weighted by molar-refractivity contribution is -0.169. The SMILES string of the molecule is CCc1nc(C(=O)NCC2CCC(S(C)(=O)=O)CC2)c(Cl)n1-c1c(F)cc(C[C@@H](C)C(F)(F)F)cc1F. The molecule has 0 aliphatic heterocycles. The van der Waals surface area contributed by atoms with Crippen LogP contribution in [0, 0.1) is 23.5 Å². The van der Waals surface area contributed by atoms with E-state index in [4.69, 9.17) is 11.6 Å². The number of nitrogens with one attached hydrogen (secondary N) is 1. The van der Waals surface area contributed by atoms with Crippen LogP contribution < -0.4 is 5.32 Å². The molecule has 1 aliphatic carbocycles. The zero-order chi connectivity index (χ0) is 27.7. The first-order valence-corrected chi connectivity index (χ1v) is 14.3. The van der Waals surface area contributed by atoms with Gasteiger partial charge in [0, 0.05) is 19.2 Å². The predicted octanol–water partition coefficient (Wildman–Crippen LogP) is 5.44. The van der Waals surface area contributed by atoms with E-state index in [2.05, 4.69) is 10.3 Å². The molecule has 37 heavy (non-hydrogen) atoms. The summed E-state index contributed by atoms with van der Waals surface area (Å²) in [7, 11) is -3.11. The highest BCUT2D eigenvalue weighted by Gasteiger charge is 2.36. The second-order valence-electron chi connectivity index (χ2n) is 9.59. The van der Waals surface area contributed by atoms with Gasteiger partial charge in [-0.3, -0.25) is 9.36 Å². The second kappa shape index (κ2) is 11.3. The molecule has 1 aromatic heterocycles. The van der Waals surface area contributed by atoms with Crippen molar-refractivity contribution in [2.45, 2.75) is 63.8 Å². The summed E-state index contributed by atoms with van der Waals surface area (Å²) < 4.78 is 93.0. The van der Waals surface area contributed by atoms with Gasteiger partial charge in [-0.05, 0) is 55.7 Å². The maximum atomic E-state index is 15.0. The van der Waals surface area contributed by atoms with Crippen molar-refractivity contribution in [2.75, 3.05) is 12.8 Å². The number of aromatic nitrogens is 2. The minimum absolute atomic E-state index is 0.0648. The number of imidazole rings is 1. The standard InChI is InChI=1S/C24H29ClF5N3O3S/c1-4-19-32-20(23(34)31-12-14-5-7-16(8-6-14)37(3,35)36)22(25)33(19)21-17(26)10-15(11-18(21)27)9-13(2)24(28,29)30/h10-11,13-14,16H,4-9,12H2,1-3H3,(H,31,34)/t13-,14?,16?/m1/s1. The Kier molecular flexibility index (Phi) is 8.94. The fourth-order valence-corrected chi connectivity index (χ4v) is 6.00. The van der Waals surface area contributed by atoms with Crippen LogP contribution >= 0.6 is 11.6 Å².